The van der Waals surface area contributed by atoms with Crippen LogP contribution in [0.2, 0.25) is 0 Å². The van der Waals surface area contributed by atoms with Gasteiger partial charge in [0.15, 0.2) is 0 Å². The number of rotatable bonds is 6. The molecule has 0 fully saturated rings. The van der Waals surface area contributed by atoms with E-state index in [9.17, 15) is 21.6 Å². The molecule has 0 unspecified atom stereocenters. The van der Waals surface area contributed by atoms with Crippen LogP contribution < -0.4 is 4.74 Å². The lowest BCUT2D eigenvalue weighted by Gasteiger charge is -2.12. The van der Waals surface area contributed by atoms with Crippen LogP contribution in [0.25, 0.3) is 0 Å². The Morgan fingerprint density at radius 1 is 1.14 bits per heavy atom. The van der Waals surface area contributed by atoms with Gasteiger partial charge in [-0.25, -0.2) is 8.42 Å². The number of ether oxygens (including phenoxy) is 2. The molecular weight excluding hydrogens is 333 g/mol. The van der Waals surface area contributed by atoms with E-state index < -0.39 is 21.8 Å². The number of hydrogen-bond acceptors (Lipinski definition) is 4. The molecule has 0 bridgehead atoms. The molecule has 4 nitrogen and oxygen atoms in total. The Labute approximate surface area is 125 Å². The van der Waals surface area contributed by atoms with Gasteiger partial charge in [0.05, 0.1) is 11.5 Å². The zero-order valence-corrected chi connectivity index (χ0v) is 12.9. The minimum Gasteiger partial charge on any atom is -0.491 e. The van der Waals surface area contributed by atoms with Crippen LogP contribution in [0, 0.1) is 13.8 Å². The molecule has 1 aromatic carbocycles. The van der Waals surface area contributed by atoms with Crippen molar-refractivity contribution in [1.82, 2.24) is 0 Å². The van der Waals surface area contributed by atoms with Gasteiger partial charge in [-0.1, -0.05) is 0 Å². The SMILES string of the molecule is Cc1cc(OCCOCC(F)(F)F)cc(C)c1S(=O)(=O)Cl. The van der Waals surface area contributed by atoms with Crippen molar-refractivity contribution >= 4 is 19.7 Å². The highest BCUT2D eigenvalue weighted by atomic mass is 35.7. The molecule has 0 aliphatic rings. The first-order valence-corrected chi connectivity index (χ1v) is 8.15. The minimum absolute atomic E-state index is 0.00448. The van der Waals surface area contributed by atoms with E-state index in [0.29, 0.717) is 16.9 Å². The molecule has 0 spiro atoms. The van der Waals surface area contributed by atoms with E-state index >= 15 is 0 Å². The third-order valence-electron chi connectivity index (χ3n) is 2.44. The lowest BCUT2D eigenvalue weighted by atomic mass is 10.1. The lowest BCUT2D eigenvalue weighted by molar-refractivity contribution is -0.175. The predicted octanol–water partition coefficient (Wildman–Crippen LogP) is 3.19. The van der Waals surface area contributed by atoms with E-state index in [2.05, 4.69) is 4.74 Å². The van der Waals surface area contributed by atoms with Crippen molar-refractivity contribution in [2.75, 3.05) is 19.8 Å². The molecule has 1 rings (SSSR count). The van der Waals surface area contributed by atoms with Crippen LogP contribution in [-0.4, -0.2) is 34.4 Å². The van der Waals surface area contributed by atoms with Crippen LogP contribution in [0.4, 0.5) is 13.2 Å². The summed E-state index contributed by atoms with van der Waals surface area (Å²) in [4.78, 5) is 0.00448. The molecule has 1 aromatic rings. The maximum atomic E-state index is 11.8. The maximum Gasteiger partial charge on any atom is 0.411 e. The lowest BCUT2D eigenvalue weighted by Crippen LogP contribution is -2.19. The van der Waals surface area contributed by atoms with Crippen molar-refractivity contribution in [3.8, 4) is 5.75 Å². The molecule has 0 aliphatic carbocycles. The molecule has 0 heterocycles. The third-order valence-corrected chi connectivity index (χ3v) is 4.03. The van der Waals surface area contributed by atoms with E-state index in [0.717, 1.165) is 0 Å². The molecular formula is C12H14ClF3O4S. The summed E-state index contributed by atoms with van der Waals surface area (Å²) in [7, 11) is 1.46. The Balaban J connectivity index is 2.63. The maximum absolute atomic E-state index is 11.8. The number of alkyl halides is 3. The van der Waals surface area contributed by atoms with Crippen LogP contribution in [0.3, 0.4) is 0 Å². The largest absolute Gasteiger partial charge is 0.491 e. The van der Waals surface area contributed by atoms with Crippen LogP contribution in [0.5, 0.6) is 5.75 Å². The van der Waals surface area contributed by atoms with Crippen LogP contribution in [0.1, 0.15) is 11.1 Å². The smallest absolute Gasteiger partial charge is 0.411 e. The van der Waals surface area contributed by atoms with Gasteiger partial charge in [-0.05, 0) is 37.1 Å². The van der Waals surface area contributed by atoms with Gasteiger partial charge >= 0.3 is 6.18 Å². The second kappa shape index (κ2) is 6.85. The first kappa shape index (κ1) is 18.1. The highest BCUT2D eigenvalue weighted by Gasteiger charge is 2.27. The number of aryl methyl sites for hydroxylation is 2. The summed E-state index contributed by atoms with van der Waals surface area (Å²) in [5.74, 6) is 0.338. The monoisotopic (exact) mass is 346 g/mol. The van der Waals surface area contributed by atoms with Gasteiger partial charge in [0.25, 0.3) is 9.05 Å². The number of benzene rings is 1. The van der Waals surface area contributed by atoms with Gasteiger partial charge in [0.2, 0.25) is 0 Å². The molecule has 0 aliphatic heterocycles. The van der Waals surface area contributed by atoms with E-state index in [1.807, 2.05) is 0 Å². The normalized spacial score (nSPS) is 12.5. The summed E-state index contributed by atoms with van der Waals surface area (Å²) in [5.41, 5.74) is 0.799. The van der Waals surface area contributed by atoms with Gasteiger partial charge in [0, 0.05) is 10.7 Å². The summed E-state index contributed by atoms with van der Waals surface area (Å²) in [6.45, 7) is 1.46. The summed E-state index contributed by atoms with van der Waals surface area (Å²) >= 11 is 0. The average Bonchev–Trinajstić information content (AvgIpc) is 2.23. The Hall–Kier alpha value is -0.990. The van der Waals surface area contributed by atoms with Crippen LogP contribution in [0.15, 0.2) is 17.0 Å². The molecule has 0 amide bonds. The molecule has 0 aromatic heterocycles. The quantitative estimate of drug-likeness (QED) is 0.586. The third kappa shape index (κ3) is 6.11. The fourth-order valence-corrected chi connectivity index (χ4v) is 3.40. The molecule has 0 radical (unpaired) electrons. The summed E-state index contributed by atoms with van der Waals surface area (Å²) in [5, 5.41) is 0. The molecule has 120 valence electrons. The predicted molar refractivity (Wildman–Crippen MR) is 71.3 cm³/mol. The zero-order valence-electron chi connectivity index (χ0n) is 11.3. The molecule has 0 saturated carbocycles. The standard InChI is InChI=1S/C12H14ClF3O4S/c1-8-5-10(6-9(2)11(8)21(13,17)18)20-4-3-19-7-12(14,15)16/h5-6H,3-4,7H2,1-2H3. The topological polar surface area (TPSA) is 52.6 Å². The molecule has 0 N–H and O–H groups in total. The van der Waals surface area contributed by atoms with E-state index in [1.165, 1.54) is 12.1 Å². The van der Waals surface area contributed by atoms with Gasteiger partial charge in [-0.2, -0.15) is 13.2 Å². The zero-order chi connectivity index (χ0) is 16.3. The fourth-order valence-electron chi connectivity index (χ4n) is 1.78. The van der Waals surface area contributed by atoms with E-state index in [1.54, 1.807) is 13.8 Å². The molecule has 21 heavy (non-hydrogen) atoms. The summed E-state index contributed by atoms with van der Waals surface area (Å²) < 4.78 is 67.9. The minimum atomic E-state index is -4.37. The average molecular weight is 347 g/mol. The van der Waals surface area contributed by atoms with Crippen molar-refractivity contribution < 1.29 is 31.1 Å². The van der Waals surface area contributed by atoms with Gasteiger partial charge in [-0.15, -0.1) is 0 Å². The number of halogens is 4. The highest BCUT2D eigenvalue weighted by Crippen LogP contribution is 2.28. The van der Waals surface area contributed by atoms with E-state index in [-0.39, 0.29) is 18.1 Å². The van der Waals surface area contributed by atoms with Gasteiger partial charge < -0.3 is 9.47 Å². The number of hydrogen-bond donors (Lipinski definition) is 0. The van der Waals surface area contributed by atoms with Crippen molar-refractivity contribution in [3.05, 3.63) is 23.3 Å². The Bertz CT molecular complexity index is 576. The second-order valence-electron chi connectivity index (χ2n) is 4.34. The van der Waals surface area contributed by atoms with Crippen molar-refractivity contribution in [2.45, 2.75) is 24.9 Å². The Morgan fingerprint density at radius 2 is 1.67 bits per heavy atom. The van der Waals surface area contributed by atoms with Crippen molar-refractivity contribution in [3.63, 3.8) is 0 Å². The molecule has 0 saturated heterocycles. The fraction of sp³-hybridized carbons (Fsp3) is 0.500. The summed E-state index contributed by atoms with van der Waals surface area (Å²) in [6.07, 6.45) is -4.37. The van der Waals surface area contributed by atoms with Gasteiger partial charge in [0.1, 0.15) is 19.0 Å². The summed E-state index contributed by atoms with van der Waals surface area (Å²) in [6, 6.07) is 2.90. The van der Waals surface area contributed by atoms with Crippen molar-refractivity contribution in [1.29, 1.82) is 0 Å². The Kier molecular flexibility index (Phi) is 5.89. The van der Waals surface area contributed by atoms with Crippen molar-refractivity contribution in [2.24, 2.45) is 0 Å². The molecule has 0 atom stereocenters. The first-order valence-electron chi connectivity index (χ1n) is 5.84. The second-order valence-corrected chi connectivity index (χ2v) is 6.84. The first-order chi connectivity index (χ1) is 9.50. The Morgan fingerprint density at radius 3 is 2.10 bits per heavy atom. The van der Waals surface area contributed by atoms with Gasteiger partial charge in [-0.3, -0.25) is 0 Å². The molecule has 9 heteroatoms. The van der Waals surface area contributed by atoms with Crippen LogP contribution in [-0.2, 0) is 13.8 Å². The van der Waals surface area contributed by atoms with E-state index in [4.69, 9.17) is 15.4 Å². The van der Waals surface area contributed by atoms with Crippen LogP contribution >= 0.6 is 10.7 Å². The highest BCUT2D eigenvalue weighted by molar-refractivity contribution is 8.13.